The van der Waals surface area contributed by atoms with E-state index in [0.717, 1.165) is 0 Å². The molecule has 1 aromatic rings. The van der Waals surface area contributed by atoms with Gasteiger partial charge in [0.1, 0.15) is 6.17 Å². The molecule has 124 valence electrons. The lowest BCUT2D eigenvalue weighted by Gasteiger charge is -2.21. The molecule has 1 unspecified atom stereocenters. The van der Waals surface area contributed by atoms with Gasteiger partial charge >= 0.3 is 11.8 Å². The highest BCUT2D eigenvalue weighted by atomic mass is 19.4. The predicted molar refractivity (Wildman–Crippen MR) is 73.7 cm³/mol. The third-order valence-electron chi connectivity index (χ3n) is 4.17. The van der Waals surface area contributed by atoms with Crippen molar-refractivity contribution >= 4 is 5.91 Å². The molecule has 8 heteroatoms. The molecular formula is C15H15F4N3O. The summed E-state index contributed by atoms with van der Waals surface area (Å²) in [6.07, 6.45) is -4.18. The predicted octanol–water partition coefficient (Wildman–Crippen LogP) is 3.83. The monoisotopic (exact) mass is 329 g/mol. The minimum absolute atomic E-state index is 0.110. The molecule has 0 bridgehead atoms. The van der Waals surface area contributed by atoms with Crippen LogP contribution < -0.4 is 0 Å². The Morgan fingerprint density at radius 1 is 1.13 bits per heavy atom. The van der Waals surface area contributed by atoms with Gasteiger partial charge in [-0.1, -0.05) is 12.1 Å². The normalized spacial score (nSPS) is 23.5. The molecule has 1 amide bonds. The Kier molecular flexibility index (Phi) is 3.85. The summed E-state index contributed by atoms with van der Waals surface area (Å²) >= 11 is 0. The van der Waals surface area contributed by atoms with E-state index in [9.17, 15) is 22.4 Å². The second-order valence-electron chi connectivity index (χ2n) is 5.77. The number of amides is 1. The Hall–Kier alpha value is -1.99. The Morgan fingerprint density at radius 3 is 2.35 bits per heavy atom. The van der Waals surface area contributed by atoms with Gasteiger partial charge in [-0.2, -0.15) is 13.2 Å². The van der Waals surface area contributed by atoms with Gasteiger partial charge in [-0.05, 0) is 31.4 Å². The minimum atomic E-state index is -4.58. The topological polar surface area (TPSA) is 45.0 Å². The average Bonchev–Trinajstić information content (AvgIpc) is 3.32. The maximum Gasteiger partial charge on any atom is 0.442 e. The smallest absolute Gasteiger partial charge is 0.339 e. The van der Waals surface area contributed by atoms with E-state index in [0.29, 0.717) is 32.4 Å². The van der Waals surface area contributed by atoms with Gasteiger partial charge in [0.2, 0.25) is 0 Å². The van der Waals surface area contributed by atoms with Gasteiger partial charge in [-0.25, -0.2) is 4.39 Å². The van der Waals surface area contributed by atoms with Gasteiger partial charge in [0.15, 0.2) is 0 Å². The fourth-order valence-electron chi connectivity index (χ4n) is 2.73. The summed E-state index contributed by atoms with van der Waals surface area (Å²) in [6.45, 7) is 0.775. The largest absolute Gasteiger partial charge is 0.442 e. The first-order chi connectivity index (χ1) is 10.8. The van der Waals surface area contributed by atoms with Crippen molar-refractivity contribution in [2.45, 2.75) is 37.3 Å². The fourth-order valence-corrected chi connectivity index (χ4v) is 2.73. The molecule has 0 N–H and O–H groups in total. The zero-order chi connectivity index (χ0) is 16.7. The Balaban J connectivity index is 1.74. The summed E-state index contributed by atoms with van der Waals surface area (Å²) in [4.78, 5) is 13.9. The first-order valence-corrected chi connectivity index (χ1v) is 7.38. The van der Waals surface area contributed by atoms with Gasteiger partial charge < -0.3 is 4.90 Å². The highest BCUT2D eigenvalue weighted by Crippen LogP contribution is 2.52. The molecule has 3 rings (SSSR count). The Labute approximate surface area is 130 Å². The maximum absolute atomic E-state index is 13.3. The number of carbonyl (C=O) groups is 1. The standard InChI is InChI=1S/C15H15F4N3O/c16-12-2-1-8-22(9-7-12)13(23)10-3-5-11(6-4-10)14(20-21-14)15(17,18)19/h3-6,12H,1-2,7-9H2. The molecule has 1 saturated heterocycles. The van der Waals surface area contributed by atoms with Gasteiger partial charge in [0.25, 0.3) is 5.91 Å². The molecule has 2 aliphatic heterocycles. The molecule has 0 spiro atoms. The quantitative estimate of drug-likeness (QED) is 0.761. The summed E-state index contributed by atoms with van der Waals surface area (Å²) in [5.74, 6) is -0.295. The van der Waals surface area contributed by atoms with Crippen LogP contribution in [-0.2, 0) is 5.66 Å². The van der Waals surface area contributed by atoms with Crippen molar-refractivity contribution < 1.29 is 22.4 Å². The molecule has 1 atom stereocenters. The highest BCUT2D eigenvalue weighted by Gasteiger charge is 2.65. The molecule has 2 aliphatic rings. The zero-order valence-corrected chi connectivity index (χ0v) is 12.2. The number of nitrogens with zero attached hydrogens (tertiary/aromatic N) is 3. The number of benzene rings is 1. The summed E-state index contributed by atoms with van der Waals surface area (Å²) in [5, 5.41) is 6.25. The lowest BCUT2D eigenvalue weighted by molar-refractivity contribution is -0.166. The zero-order valence-electron chi connectivity index (χ0n) is 12.2. The van der Waals surface area contributed by atoms with Crippen molar-refractivity contribution in [3.8, 4) is 0 Å². The molecule has 1 aromatic carbocycles. The van der Waals surface area contributed by atoms with Crippen LogP contribution in [0.15, 0.2) is 34.5 Å². The third kappa shape index (κ3) is 2.94. The number of hydrogen-bond donors (Lipinski definition) is 0. The average molecular weight is 329 g/mol. The summed E-state index contributed by atoms with van der Waals surface area (Å²) < 4.78 is 52.1. The lowest BCUT2D eigenvalue weighted by Crippen LogP contribution is -2.32. The highest BCUT2D eigenvalue weighted by molar-refractivity contribution is 5.94. The molecule has 0 aromatic heterocycles. The van der Waals surface area contributed by atoms with Crippen molar-refractivity contribution in [3.05, 3.63) is 35.4 Å². The third-order valence-corrected chi connectivity index (χ3v) is 4.17. The minimum Gasteiger partial charge on any atom is -0.339 e. The second kappa shape index (κ2) is 5.58. The van der Waals surface area contributed by atoms with E-state index >= 15 is 0 Å². The Morgan fingerprint density at radius 2 is 1.78 bits per heavy atom. The van der Waals surface area contributed by atoms with Crippen molar-refractivity contribution in [2.75, 3.05) is 13.1 Å². The van der Waals surface area contributed by atoms with E-state index in [1.54, 1.807) is 4.90 Å². The van der Waals surface area contributed by atoms with Crippen LogP contribution in [0.25, 0.3) is 0 Å². The number of carbonyl (C=O) groups excluding carboxylic acids is 1. The van der Waals surface area contributed by atoms with E-state index < -0.39 is 18.0 Å². The van der Waals surface area contributed by atoms with Gasteiger partial charge in [0, 0.05) is 24.2 Å². The molecule has 2 heterocycles. The SMILES string of the molecule is O=C(c1ccc(C2(C(F)(F)F)N=N2)cc1)N1CCCC(F)CC1. The van der Waals surface area contributed by atoms with E-state index in [1.165, 1.54) is 24.3 Å². The van der Waals surface area contributed by atoms with Crippen molar-refractivity contribution in [2.24, 2.45) is 10.2 Å². The van der Waals surface area contributed by atoms with Crippen LogP contribution in [0.4, 0.5) is 17.6 Å². The van der Waals surface area contributed by atoms with Gasteiger partial charge in [0.05, 0.1) is 0 Å². The summed E-state index contributed by atoms with van der Waals surface area (Å²) in [6, 6.07) is 5.12. The number of alkyl halides is 4. The Bertz CT molecular complexity index is 621. The van der Waals surface area contributed by atoms with E-state index in [4.69, 9.17) is 0 Å². The fraction of sp³-hybridized carbons (Fsp3) is 0.533. The van der Waals surface area contributed by atoms with E-state index in [-0.39, 0.29) is 17.0 Å². The van der Waals surface area contributed by atoms with Crippen LogP contribution in [0.2, 0.25) is 0 Å². The number of halogens is 4. The first kappa shape index (κ1) is 15.9. The molecule has 4 nitrogen and oxygen atoms in total. The van der Waals surface area contributed by atoms with E-state index in [2.05, 4.69) is 10.2 Å². The van der Waals surface area contributed by atoms with Crippen LogP contribution >= 0.6 is 0 Å². The van der Waals surface area contributed by atoms with Gasteiger partial charge in [-0.3, -0.25) is 4.79 Å². The first-order valence-electron chi connectivity index (χ1n) is 7.38. The summed E-state index contributed by atoms with van der Waals surface area (Å²) in [7, 11) is 0. The molecule has 0 aliphatic carbocycles. The second-order valence-corrected chi connectivity index (χ2v) is 5.77. The number of hydrogen-bond acceptors (Lipinski definition) is 3. The van der Waals surface area contributed by atoms with Crippen LogP contribution in [-0.4, -0.2) is 36.2 Å². The van der Waals surface area contributed by atoms with Crippen LogP contribution in [0, 0.1) is 0 Å². The lowest BCUT2D eigenvalue weighted by atomic mass is 10.0. The van der Waals surface area contributed by atoms with Crippen molar-refractivity contribution in [1.82, 2.24) is 4.90 Å². The number of likely N-dealkylation sites (tertiary alicyclic amines) is 1. The molecular weight excluding hydrogens is 314 g/mol. The van der Waals surface area contributed by atoms with Gasteiger partial charge in [-0.15, -0.1) is 10.2 Å². The van der Waals surface area contributed by atoms with E-state index in [1.807, 2.05) is 0 Å². The molecule has 23 heavy (non-hydrogen) atoms. The summed E-state index contributed by atoms with van der Waals surface area (Å²) in [5.41, 5.74) is -2.30. The molecule has 0 saturated carbocycles. The van der Waals surface area contributed by atoms with Crippen molar-refractivity contribution in [3.63, 3.8) is 0 Å². The van der Waals surface area contributed by atoms with Crippen LogP contribution in [0.3, 0.4) is 0 Å². The molecule has 1 fully saturated rings. The van der Waals surface area contributed by atoms with Crippen LogP contribution in [0.1, 0.15) is 35.2 Å². The van der Waals surface area contributed by atoms with Crippen molar-refractivity contribution in [1.29, 1.82) is 0 Å². The molecule has 0 radical (unpaired) electrons. The maximum atomic E-state index is 13.3. The number of rotatable bonds is 2. The van der Waals surface area contributed by atoms with Crippen LogP contribution in [0.5, 0.6) is 0 Å².